The predicted octanol–water partition coefficient (Wildman–Crippen LogP) is 1.40. The Labute approximate surface area is 123 Å². The molecule has 1 aliphatic heterocycles. The molecule has 0 aliphatic carbocycles. The predicted molar refractivity (Wildman–Crippen MR) is 75.5 cm³/mol. The number of benzene rings is 1. The lowest BCUT2D eigenvalue weighted by molar-refractivity contribution is -0.140. The van der Waals surface area contributed by atoms with Gasteiger partial charge in [0, 0.05) is 13.0 Å². The third kappa shape index (κ3) is 3.95. The molecule has 1 N–H and O–H groups in total. The third-order valence-corrected chi connectivity index (χ3v) is 3.39. The highest BCUT2D eigenvalue weighted by Gasteiger charge is 2.26. The van der Waals surface area contributed by atoms with Crippen molar-refractivity contribution < 1.29 is 24.2 Å². The summed E-state index contributed by atoms with van der Waals surface area (Å²) >= 11 is 0. The molecule has 6 heteroatoms. The first-order valence-corrected chi connectivity index (χ1v) is 6.95. The Kier molecular flexibility index (Phi) is 5.16. The van der Waals surface area contributed by atoms with E-state index in [1.165, 1.54) is 12.1 Å². The molecule has 0 aromatic heterocycles. The lowest BCUT2D eigenvalue weighted by Gasteiger charge is -2.35. The Bertz CT molecular complexity index is 499. The molecule has 1 saturated heterocycles. The van der Waals surface area contributed by atoms with Crippen LogP contribution in [0.5, 0.6) is 5.75 Å². The van der Waals surface area contributed by atoms with E-state index >= 15 is 0 Å². The van der Waals surface area contributed by atoms with Crippen molar-refractivity contribution in [3.8, 4) is 5.75 Å². The van der Waals surface area contributed by atoms with E-state index in [-0.39, 0.29) is 17.5 Å². The minimum atomic E-state index is -0.970. The number of aromatic carboxylic acids is 1. The lowest BCUT2D eigenvalue weighted by Crippen LogP contribution is -2.51. The first-order valence-electron chi connectivity index (χ1n) is 6.95. The summed E-state index contributed by atoms with van der Waals surface area (Å²) < 4.78 is 11.0. The van der Waals surface area contributed by atoms with Crippen molar-refractivity contribution in [2.24, 2.45) is 0 Å². The van der Waals surface area contributed by atoms with Gasteiger partial charge in [-0.15, -0.1) is 0 Å². The summed E-state index contributed by atoms with van der Waals surface area (Å²) in [5.74, 6) is -0.301. The summed E-state index contributed by atoms with van der Waals surface area (Å²) in [6, 6.07) is 6.09. The van der Waals surface area contributed by atoms with E-state index in [1.807, 2.05) is 6.92 Å². The highest BCUT2D eigenvalue weighted by atomic mass is 16.5. The van der Waals surface area contributed by atoms with Crippen LogP contribution in [0.15, 0.2) is 24.3 Å². The molecule has 1 amide bonds. The number of carboxylic acid groups (broad SMARTS) is 1. The number of carbonyl (C=O) groups is 2. The van der Waals surface area contributed by atoms with Crippen LogP contribution in [0.2, 0.25) is 0 Å². The van der Waals surface area contributed by atoms with E-state index in [1.54, 1.807) is 17.0 Å². The third-order valence-electron chi connectivity index (χ3n) is 3.39. The van der Waals surface area contributed by atoms with E-state index in [2.05, 4.69) is 0 Å². The van der Waals surface area contributed by atoms with Gasteiger partial charge in [-0.25, -0.2) is 4.79 Å². The molecular weight excluding hydrogens is 274 g/mol. The van der Waals surface area contributed by atoms with Crippen molar-refractivity contribution in [1.29, 1.82) is 0 Å². The van der Waals surface area contributed by atoms with Crippen LogP contribution < -0.4 is 4.74 Å². The maximum Gasteiger partial charge on any atom is 0.335 e. The molecule has 0 radical (unpaired) electrons. The molecule has 1 atom stereocenters. The van der Waals surface area contributed by atoms with Crippen LogP contribution in [0.1, 0.15) is 23.7 Å². The van der Waals surface area contributed by atoms with Gasteiger partial charge in [0.15, 0.2) is 0 Å². The summed E-state index contributed by atoms with van der Waals surface area (Å²) in [7, 11) is 0. The van der Waals surface area contributed by atoms with Gasteiger partial charge in [-0.1, -0.05) is 6.92 Å². The van der Waals surface area contributed by atoms with E-state index in [0.717, 1.165) is 0 Å². The fourth-order valence-corrected chi connectivity index (χ4v) is 2.21. The lowest BCUT2D eigenvalue weighted by atomic mass is 10.2. The Morgan fingerprint density at radius 2 is 2.10 bits per heavy atom. The number of morpholine rings is 1. The molecule has 1 aliphatic rings. The van der Waals surface area contributed by atoms with Crippen LogP contribution in [0.4, 0.5) is 0 Å². The van der Waals surface area contributed by atoms with Gasteiger partial charge in [-0.3, -0.25) is 4.79 Å². The van der Waals surface area contributed by atoms with Crippen molar-refractivity contribution >= 4 is 11.9 Å². The maximum atomic E-state index is 11.9. The minimum Gasteiger partial charge on any atom is -0.491 e. The SMILES string of the molecule is CCC(=O)N1CCOCC1COc1ccc(C(=O)O)cc1. The summed E-state index contributed by atoms with van der Waals surface area (Å²) in [4.78, 5) is 24.4. The zero-order chi connectivity index (χ0) is 15.2. The van der Waals surface area contributed by atoms with Gasteiger partial charge < -0.3 is 19.5 Å². The Balaban J connectivity index is 1.94. The van der Waals surface area contributed by atoms with Gasteiger partial charge in [0.05, 0.1) is 24.8 Å². The second-order valence-corrected chi connectivity index (χ2v) is 4.81. The summed E-state index contributed by atoms with van der Waals surface area (Å²) in [6.45, 7) is 3.76. The van der Waals surface area contributed by atoms with Crippen LogP contribution >= 0.6 is 0 Å². The van der Waals surface area contributed by atoms with Crippen LogP contribution in [-0.4, -0.2) is 54.3 Å². The molecule has 1 heterocycles. The summed E-state index contributed by atoms with van der Waals surface area (Å²) in [6.07, 6.45) is 0.462. The molecule has 0 saturated carbocycles. The van der Waals surface area contributed by atoms with E-state index < -0.39 is 5.97 Å². The zero-order valence-corrected chi connectivity index (χ0v) is 11.9. The molecule has 114 valence electrons. The Hall–Kier alpha value is -2.08. The first kappa shape index (κ1) is 15.3. The number of rotatable bonds is 5. The normalized spacial score (nSPS) is 18.3. The largest absolute Gasteiger partial charge is 0.491 e. The van der Waals surface area contributed by atoms with Crippen molar-refractivity contribution in [2.75, 3.05) is 26.4 Å². The van der Waals surface area contributed by atoms with Gasteiger partial charge in [0.25, 0.3) is 0 Å². The molecule has 1 fully saturated rings. The Morgan fingerprint density at radius 1 is 1.38 bits per heavy atom. The fraction of sp³-hybridized carbons (Fsp3) is 0.467. The number of carboxylic acids is 1. The zero-order valence-electron chi connectivity index (χ0n) is 11.9. The smallest absolute Gasteiger partial charge is 0.335 e. The van der Waals surface area contributed by atoms with Crippen molar-refractivity contribution in [1.82, 2.24) is 4.90 Å². The summed E-state index contributed by atoms with van der Waals surface area (Å²) in [5, 5.41) is 8.83. The van der Waals surface area contributed by atoms with Crippen molar-refractivity contribution in [3.05, 3.63) is 29.8 Å². The van der Waals surface area contributed by atoms with Gasteiger partial charge in [-0.2, -0.15) is 0 Å². The molecular formula is C15H19NO5. The van der Waals surface area contributed by atoms with E-state index in [9.17, 15) is 9.59 Å². The van der Waals surface area contributed by atoms with Crippen molar-refractivity contribution in [3.63, 3.8) is 0 Å². The van der Waals surface area contributed by atoms with Gasteiger partial charge in [0.2, 0.25) is 5.91 Å². The van der Waals surface area contributed by atoms with E-state index in [4.69, 9.17) is 14.6 Å². The average Bonchev–Trinajstić information content (AvgIpc) is 2.52. The second kappa shape index (κ2) is 7.08. The van der Waals surface area contributed by atoms with Crippen LogP contribution in [0.3, 0.4) is 0 Å². The van der Waals surface area contributed by atoms with Gasteiger partial charge in [0.1, 0.15) is 12.4 Å². The minimum absolute atomic E-state index is 0.0909. The van der Waals surface area contributed by atoms with Gasteiger partial charge in [-0.05, 0) is 24.3 Å². The fourth-order valence-electron chi connectivity index (χ4n) is 2.21. The number of ether oxygens (including phenoxy) is 2. The molecule has 1 aromatic carbocycles. The number of amides is 1. The maximum absolute atomic E-state index is 11.9. The van der Waals surface area contributed by atoms with Gasteiger partial charge >= 0.3 is 5.97 Å². The molecule has 0 spiro atoms. The average molecular weight is 293 g/mol. The van der Waals surface area contributed by atoms with Crippen LogP contribution in [0, 0.1) is 0 Å². The van der Waals surface area contributed by atoms with Crippen LogP contribution in [-0.2, 0) is 9.53 Å². The molecule has 21 heavy (non-hydrogen) atoms. The highest BCUT2D eigenvalue weighted by molar-refractivity contribution is 5.87. The van der Waals surface area contributed by atoms with Crippen LogP contribution in [0.25, 0.3) is 0 Å². The monoisotopic (exact) mass is 293 g/mol. The molecule has 2 rings (SSSR count). The second-order valence-electron chi connectivity index (χ2n) is 4.81. The molecule has 1 aromatic rings. The molecule has 6 nitrogen and oxygen atoms in total. The number of hydrogen-bond acceptors (Lipinski definition) is 4. The number of carbonyl (C=O) groups excluding carboxylic acids is 1. The topological polar surface area (TPSA) is 76.1 Å². The Morgan fingerprint density at radius 3 is 2.71 bits per heavy atom. The molecule has 1 unspecified atom stereocenters. The van der Waals surface area contributed by atoms with Crippen molar-refractivity contribution in [2.45, 2.75) is 19.4 Å². The standard InChI is InChI=1S/C15H19NO5/c1-2-14(17)16-7-8-20-9-12(16)10-21-13-5-3-11(4-6-13)15(18)19/h3-6,12H,2,7-10H2,1H3,(H,18,19). The number of nitrogens with zero attached hydrogens (tertiary/aromatic N) is 1. The quantitative estimate of drug-likeness (QED) is 0.888. The first-order chi connectivity index (χ1) is 10.1. The summed E-state index contributed by atoms with van der Waals surface area (Å²) in [5.41, 5.74) is 0.214. The number of hydrogen-bond donors (Lipinski definition) is 1. The highest BCUT2D eigenvalue weighted by Crippen LogP contribution is 2.15. The van der Waals surface area contributed by atoms with E-state index in [0.29, 0.717) is 38.5 Å². The molecule has 0 bridgehead atoms.